The van der Waals surface area contributed by atoms with E-state index in [2.05, 4.69) is 62.2 Å². The molecule has 0 heterocycles. The van der Waals surface area contributed by atoms with Crippen LogP contribution in [0.25, 0.3) is 0 Å². The first-order valence-electron chi connectivity index (χ1n) is 23.8. The van der Waals surface area contributed by atoms with Crippen molar-refractivity contribution in [1.29, 1.82) is 0 Å². The fraction of sp³-hybridized carbons (Fsp3) is 0.896. The number of carbonyl (C=O) groups excluding carboxylic acids is 1. The number of allylic oxidation sites excluding steroid dienone is 4. The number of hydrogen-bond donors (Lipinski definition) is 1. The molecule has 320 valence electrons. The first-order valence-corrected chi connectivity index (χ1v) is 23.8. The Morgan fingerprint density at radius 3 is 1.17 bits per heavy atom. The van der Waals surface area contributed by atoms with Crippen molar-refractivity contribution >= 4 is 6.09 Å². The van der Waals surface area contributed by atoms with Crippen molar-refractivity contribution in [3.63, 3.8) is 0 Å². The van der Waals surface area contributed by atoms with Crippen LogP contribution in [0.4, 0.5) is 4.79 Å². The standard InChI is InChI=1S/C48H94N2O4/c1-5-9-11-13-15-17-19-21-23-25-27-29-31-33-35-37-42-52-45-47(49-48(51)54-44-41-50(39-7-3)40-8-4)46-53-43-38-36-34-32-30-28-26-24-22-20-18-16-14-12-10-6-2/h21-24,47H,5-20,25-46H2,1-4H3,(H,49,51). The molecule has 6 nitrogen and oxygen atoms in total. The van der Waals surface area contributed by atoms with Crippen LogP contribution in [0.5, 0.6) is 0 Å². The van der Waals surface area contributed by atoms with E-state index in [9.17, 15) is 4.79 Å². The van der Waals surface area contributed by atoms with Gasteiger partial charge in [-0.3, -0.25) is 4.90 Å². The summed E-state index contributed by atoms with van der Waals surface area (Å²) < 4.78 is 17.6. The number of ether oxygens (including phenoxy) is 3. The van der Waals surface area contributed by atoms with Crippen molar-refractivity contribution in [2.75, 3.05) is 52.7 Å². The summed E-state index contributed by atoms with van der Waals surface area (Å²) in [5, 5.41) is 3.03. The summed E-state index contributed by atoms with van der Waals surface area (Å²) in [6.07, 6.45) is 47.9. The van der Waals surface area contributed by atoms with Crippen LogP contribution in [0, 0.1) is 0 Å². The van der Waals surface area contributed by atoms with Gasteiger partial charge in [0.05, 0.1) is 19.3 Å². The van der Waals surface area contributed by atoms with Gasteiger partial charge in [-0.1, -0.05) is 168 Å². The summed E-state index contributed by atoms with van der Waals surface area (Å²) in [4.78, 5) is 15.0. The first-order chi connectivity index (χ1) is 26.7. The average Bonchev–Trinajstić information content (AvgIpc) is 3.17. The molecule has 0 aromatic heterocycles. The topological polar surface area (TPSA) is 60.0 Å². The molecule has 1 amide bonds. The molecule has 0 spiro atoms. The molecular formula is C48H94N2O4. The normalized spacial score (nSPS) is 12.5. The quantitative estimate of drug-likeness (QED) is 0.0495. The zero-order valence-electron chi connectivity index (χ0n) is 36.8. The van der Waals surface area contributed by atoms with Crippen molar-refractivity contribution in [3.05, 3.63) is 24.3 Å². The fourth-order valence-corrected chi connectivity index (χ4v) is 6.93. The molecule has 0 aromatic rings. The van der Waals surface area contributed by atoms with Gasteiger partial charge in [0.1, 0.15) is 6.61 Å². The van der Waals surface area contributed by atoms with Crippen molar-refractivity contribution in [1.82, 2.24) is 10.2 Å². The first kappa shape index (κ1) is 52.6. The van der Waals surface area contributed by atoms with Gasteiger partial charge in [0.15, 0.2) is 0 Å². The molecule has 0 aliphatic carbocycles. The van der Waals surface area contributed by atoms with E-state index in [0.29, 0.717) is 19.8 Å². The minimum atomic E-state index is -0.366. The Balaban J connectivity index is 4.12. The maximum absolute atomic E-state index is 12.7. The molecule has 54 heavy (non-hydrogen) atoms. The summed E-state index contributed by atoms with van der Waals surface area (Å²) in [6.45, 7) is 14.6. The lowest BCUT2D eigenvalue weighted by Crippen LogP contribution is -2.42. The van der Waals surface area contributed by atoms with Gasteiger partial charge in [-0.2, -0.15) is 0 Å². The van der Waals surface area contributed by atoms with Gasteiger partial charge in [0.2, 0.25) is 0 Å². The van der Waals surface area contributed by atoms with E-state index >= 15 is 0 Å². The number of carbonyl (C=O) groups is 1. The smallest absolute Gasteiger partial charge is 0.407 e. The highest BCUT2D eigenvalue weighted by atomic mass is 16.6. The van der Waals surface area contributed by atoms with Crippen molar-refractivity contribution < 1.29 is 19.0 Å². The highest BCUT2D eigenvalue weighted by molar-refractivity contribution is 5.67. The molecule has 0 aliphatic rings. The monoisotopic (exact) mass is 763 g/mol. The van der Waals surface area contributed by atoms with Crippen LogP contribution in [0.15, 0.2) is 24.3 Å². The second kappa shape index (κ2) is 46.0. The van der Waals surface area contributed by atoms with Gasteiger partial charge in [0, 0.05) is 19.8 Å². The second-order valence-electron chi connectivity index (χ2n) is 15.8. The van der Waals surface area contributed by atoms with E-state index in [4.69, 9.17) is 14.2 Å². The Bertz CT molecular complexity index is 737. The summed E-state index contributed by atoms with van der Waals surface area (Å²) in [5.41, 5.74) is 0. The van der Waals surface area contributed by atoms with Gasteiger partial charge >= 0.3 is 6.09 Å². The highest BCUT2D eigenvalue weighted by Crippen LogP contribution is 2.12. The molecule has 0 radical (unpaired) electrons. The van der Waals surface area contributed by atoms with Crippen LogP contribution < -0.4 is 5.32 Å². The van der Waals surface area contributed by atoms with Gasteiger partial charge < -0.3 is 19.5 Å². The molecule has 6 heteroatoms. The zero-order chi connectivity index (χ0) is 39.3. The zero-order valence-corrected chi connectivity index (χ0v) is 36.8. The SMILES string of the molecule is CCCCCCCCC=CCCCCCCCCOCC(COCCCCCCCCC=CCCCCCCCC)NC(=O)OCCN(CCC)CCC. The number of unbranched alkanes of at least 4 members (excludes halogenated alkanes) is 24. The van der Waals surface area contributed by atoms with Crippen LogP contribution in [0.2, 0.25) is 0 Å². The van der Waals surface area contributed by atoms with Crippen molar-refractivity contribution in [3.8, 4) is 0 Å². The van der Waals surface area contributed by atoms with E-state index < -0.39 is 0 Å². The van der Waals surface area contributed by atoms with Gasteiger partial charge in [0.25, 0.3) is 0 Å². The molecule has 0 saturated carbocycles. The molecule has 0 atom stereocenters. The third-order valence-corrected chi connectivity index (χ3v) is 10.3. The minimum Gasteiger partial charge on any atom is -0.448 e. The maximum atomic E-state index is 12.7. The summed E-state index contributed by atoms with van der Waals surface area (Å²) in [6, 6.07) is -0.192. The maximum Gasteiger partial charge on any atom is 0.407 e. The fourth-order valence-electron chi connectivity index (χ4n) is 6.93. The number of nitrogens with one attached hydrogen (secondary N) is 1. The molecule has 0 aliphatic heterocycles. The van der Waals surface area contributed by atoms with Crippen LogP contribution in [-0.2, 0) is 14.2 Å². The van der Waals surface area contributed by atoms with Crippen LogP contribution >= 0.6 is 0 Å². The summed E-state index contributed by atoms with van der Waals surface area (Å²) >= 11 is 0. The largest absolute Gasteiger partial charge is 0.448 e. The molecule has 0 saturated heterocycles. The number of amides is 1. The highest BCUT2D eigenvalue weighted by Gasteiger charge is 2.15. The number of alkyl carbamates (subject to hydrolysis) is 1. The molecule has 0 aromatic carbocycles. The predicted molar refractivity (Wildman–Crippen MR) is 236 cm³/mol. The molecular weight excluding hydrogens is 669 g/mol. The predicted octanol–water partition coefficient (Wildman–Crippen LogP) is 14.3. The third-order valence-electron chi connectivity index (χ3n) is 10.3. The Hall–Kier alpha value is -1.37. The Morgan fingerprint density at radius 1 is 0.444 bits per heavy atom. The number of rotatable bonds is 44. The second-order valence-corrected chi connectivity index (χ2v) is 15.8. The van der Waals surface area contributed by atoms with E-state index in [0.717, 1.165) is 58.5 Å². The Kier molecular flexibility index (Phi) is 44.8. The lowest BCUT2D eigenvalue weighted by atomic mass is 10.1. The van der Waals surface area contributed by atoms with E-state index in [-0.39, 0.29) is 12.1 Å². The van der Waals surface area contributed by atoms with Crippen LogP contribution in [0.1, 0.15) is 220 Å². The van der Waals surface area contributed by atoms with Crippen LogP contribution in [0.3, 0.4) is 0 Å². The average molecular weight is 763 g/mol. The van der Waals surface area contributed by atoms with E-state index in [1.165, 1.54) is 167 Å². The van der Waals surface area contributed by atoms with Gasteiger partial charge in [-0.15, -0.1) is 0 Å². The van der Waals surface area contributed by atoms with Crippen LogP contribution in [-0.4, -0.2) is 69.7 Å². The molecule has 1 N–H and O–H groups in total. The number of hydrogen-bond acceptors (Lipinski definition) is 5. The van der Waals surface area contributed by atoms with Crippen molar-refractivity contribution in [2.24, 2.45) is 0 Å². The summed E-state index contributed by atoms with van der Waals surface area (Å²) in [5.74, 6) is 0. The Morgan fingerprint density at radius 2 is 0.796 bits per heavy atom. The Labute approximate surface area is 337 Å². The summed E-state index contributed by atoms with van der Waals surface area (Å²) in [7, 11) is 0. The molecule has 0 bridgehead atoms. The van der Waals surface area contributed by atoms with Gasteiger partial charge in [-0.05, 0) is 90.1 Å². The lowest BCUT2D eigenvalue weighted by Gasteiger charge is -2.22. The third kappa shape index (κ3) is 41.8. The number of nitrogens with zero attached hydrogens (tertiary/aromatic N) is 1. The van der Waals surface area contributed by atoms with Crippen molar-refractivity contribution in [2.45, 2.75) is 226 Å². The lowest BCUT2D eigenvalue weighted by molar-refractivity contribution is 0.0482. The molecule has 0 rings (SSSR count). The minimum absolute atomic E-state index is 0.192. The molecule has 0 unspecified atom stereocenters. The van der Waals surface area contributed by atoms with E-state index in [1.54, 1.807) is 0 Å². The molecule has 0 fully saturated rings. The van der Waals surface area contributed by atoms with Gasteiger partial charge in [-0.25, -0.2) is 4.79 Å². The van der Waals surface area contributed by atoms with E-state index in [1.807, 2.05) is 0 Å².